The minimum absolute atomic E-state index is 0.300. The SMILES string of the molecule is O=C1CC[C@@H]2CC=CN12. The van der Waals surface area contributed by atoms with Crippen LogP contribution < -0.4 is 0 Å². The van der Waals surface area contributed by atoms with E-state index in [0.29, 0.717) is 11.9 Å². The molecule has 2 heteroatoms. The molecule has 2 aliphatic heterocycles. The molecular weight excluding hydrogens is 114 g/mol. The van der Waals surface area contributed by atoms with Crippen LogP contribution in [0.1, 0.15) is 19.3 Å². The van der Waals surface area contributed by atoms with E-state index in [2.05, 4.69) is 6.08 Å². The minimum atomic E-state index is 0.300. The van der Waals surface area contributed by atoms with Crippen LogP contribution in [0.3, 0.4) is 0 Å². The molecule has 0 unspecified atom stereocenters. The third kappa shape index (κ3) is 0.590. The van der Waals surface area contributed by atoms with Gasteiger partial charge in [0, 0.05) is 18.7 Å². The van der Waals surface area contributed by atoms with Crippen LogP contribution >= 0.6 is 0 Å². The fourth-order valence-corrected chi connectivity index (χ4v) is 1.53. The van der Waals surface area contributed by atoms with Gasteiger partial charge in [0.05, 0.1) is 0 Å². The Labute approximate surface area is 54.1 Å². The van der Waals surface area contributed by atoms with E-state index >= 15 is 0 Å². The first-order valence-corrected chi connectivity index (χ1v) is 3.36. The molecule has 2 rings (SSSR count). The summed E-state index contributed by atoms with van der Waals surface area (Å²) in [5.41, 5.74) is 0. The zero-order chi connectivity index (χ0) is 6.27. The Balaban J connectivity index is 2.24. The van der Waals surface area contributed by atoms with Crippen molar-refractivity contribution in [1.29, 1.82) is 0 Å². The second-order valence-corrected chi connectivity index (χ2v) is 2.61. The van der Waals surface area contributed by atoms with E-state index < -0.39 is 0 Å². The molecule has 1 saturated heterocycles. The van der Waals surface area contributed by atoms with Crippen molar-refractivity contribution in [2.24, 2.45) is 0 Å². The van der Waals surface area contributed by atoms with Crippen LogP contribution in [0.15, 0.2) is 12.3 Å². The van der Waals surface area contributed by atoms with Gasteiger partial charge in [0.2, 0.25) is 5.91 Å². The number of fused-ring (bicyclic) bond motifs is 1. The van der Waals surface area contributed by atoms with Crippen LogP contribution in [0.2, 0.25) is 0 Å². The first-order chi connectivity index (χ1) is 4.38. The third-order valence-corrected chi connectivity index (χ3v) is 2.05. The molecule has 0 saturated carbocycles. The van der Waals surface area contributed by atoms with Gasteiger partial charge in [-0.05, 0) is 12.8 Å². The second kappa shape index (κ2) is 1.59. The summed E-state index contributed by atoms with van der Waals surface area (Å²) in [5, 5.41) is 0. The van der Waals surface area contributed by atoms with Crippen LogP contribution in [-0.2, 0) is 4.79 Å². The normalized spacial score (nSPS) is 31.8. The molecule has 2 aliphatic rings. The maximum atomic E-state index is 10.9. The number of nitrogens with zero attached hydrogens (tertiary/aromatic N) is 1. The van der Waals surface area contributed by atoms with Crippen molar-refractivity contribution < 1.29 is 4.79 Å². The maximum absolute atomic E-state index is 10.9. The van der Waals surface area contributed by atoms with Crippen LogP contribution in [0, 0.1) is 0 Å². The Morgan fingerprint density at radius 1 is 1.67 bits per heavy atom. The Kier molecular flexibility index (Phi) is 0.891. The van der Waals surface area contributed by atoms with Gasteiger partial charge in [0.1, 0.15) is 0 Å². The highest BCUT2D eigenvalue weighted by atomic mass is 16.2. The predicted molar refractivity (Wildman–Crippen MR) is 33.6 cm³/mol. The molecule has 48 valence electrons. The Morgan fingerprint density at radius 3 is 3.33 bits per heavy atom. The third-order valence-electron chi connectivity index (χ3n) is 2.05. The zero-order valence-electron chi connectivity index (χ0n) is 5.21. The van der Waals surface area contributed by atoms with E-state index in [1.165, 1.54) is 0 Å². The second-order valence-electron chi connectivity index (χ2n) is 2.61. The van der Waals surface area contributed by atoms with Crippen molar-refractivity contribution in [3.63, 3.8) is 0 Å². The monoisotopic (exact) mass is 123 g/mol. The van der Waals surface area contributed by atoms with Crippen molar-refractivity contribution in [2.75, 3.05) is 0 Å². The average Bonchev–Trinajstić information content (AvgIpc) is 2.35. The van der Waals surface area contributed by atoms with Gasteiger partial charge < -0.3 is 4.90 Å². The molecule has 0 aromatic heterocycles. The molecule has 2 nitrogen and oxygen atoms in total. The highest BCUT2D eigenvalue weighted by Crippen LogP contribution is 2.26. The van der Waals surface area contributed by atoms with Gasteiger partial charge in [-0.1, -0.05) is 6.08 Å². The van der Waals surface area contributed by atoms with Gasteiger partial charge >= 0.3 is 0 Å². The van der Waals surface area contributed by atoms with Crippen LogP contribution in [-0.4, -0.2) is 16.8 Å². The largest absolute Gasteiger partial charge is 0.316 e. The van der Waals surface area contributed by atoms with Crippen molar-refractivity contribution in [3.05, 3.63) is 12.3 Å². The highest BCUT2D eigenvalue weighted by molar-refractivity contribution is 5.80. The molecule has 1 amide bonds. The summed E-state index contributed by atoms with van der Waals surface area (Å²) in [5.74, 6) is 0.300. The fourth-order valence-electron chi connectivity index (χ4n) is 1.53. The summed E-state index contributed by atoms with van der Waals surface area (Å²) in [6.45, 7) is 0. The van der Waals surface area contributed by atoms with Crippen LogP contribution in [0.4, 0.5) is 0 Å². The van der Waals surface area contributed by atoms with Gasteiger partial charge in [0.15, 0.2) is 0 Å². The topological polar surface area (TPSA) is 20.3 Å². The van der Waals surface area contributed by atoms with Crippen molar-refractivity contribution in [2.45, 2.75) is 25.3 Å². The zero-order valence-corrected chi connectivity index (χ0v) is 5.21. The lowest BCUT2D eigenvalue weighted by Crippen LogP contribution is -2.22. The molecule has 0 aliphatic carbocycles. The summed E-state index contributed by atoms with van der Waals surface area (Å²) in [4.78, 5) is 12.8. The maximum Gasteiger partial charge on any atom is 0.226 e. The van der Waals surface area contributed by atoms with Crippen LogP contribution in [0.25, 0.3) is 0 Å². The van der Waals surface area contributed by atoms with Crippen molar-refractivity contribution in [3.8, 4) is 0 Å². The lowest BCUT2D eigenvalue weighted by atomic mass is 10.2. The number of hydrogen-bond acceptors (Lipinski definition) is 1. The summed E-state index contributed by atoms with van der Waals surface area (Å²) in [6.07, 6.45) is 6.88. The van der Waals surface area contributed by atoms with E-state index in [1.807, 2.05) is 11.1 Å². The predicted octanol–water partition coefficient (Wildman–Crippen LogP) is 0.895. The quantitative estimate of drug-likeness (QED) is 0.468. The smallest absolute Gasteiger partial charge is 0.226 e. The molecule has 1 fully saturated rings. The molecule has 0 radical (unpaired) electrons. The number of carbonyl (C=O) groups excluding carboxylic acids is 1. The van der Waals surface area contributed by atoms with E-state index in [4.69, 9.17) is 0 Å². The van der Waals surface area contributed by atoms with Gasteiger partial charge in [-0.25, -0.2) is 0 Å². The summed E-state index contributed by atoms with van der Waals surface area (Å²) >= 11 is 0. The number of rotatable bonds is 0. The van der Waals surface area contributed by atoms with Crippen LogP contribution in [0.5, 0.6) is 0 Å². The lowest BCUT2D eigenvalue weighted by molar-refractivity contribution is -0.126. The Bertz CT molecular complexity index is 174. The van der Waals surface area contributed by atoms with E-state index in [-0.39, 0.29) is 0 Å². The lowest BCUT2D eigenvalue weighted by Gasteiger charge is -2.11. The van der Waals surface area contributed by atoms with Gasteiger partial charge in [-0.15, -0.1) is 0 Å². The summed E-state index contributed by atoms with van der Waals surface area (Å²) in [6, 6.07) is 0.525. The Hall–Kier alpha value is -0.790. The highest BCUT2D eigenvalue weighted by Gasteiger charge is 2.30. The van der Waals surface area contributed by atoms with E-state index in [0.717, 1.165) is 19.3 Å². The molecule has 0 bridgehead atoms. The Morgan fingerprint density at radius 2 is 2.56 bits per heavy atom. The standard InChI is InChI=1S/C7H9NO/c9-7-4-3-6-2-1-5-8(6)7/h1,5-6H,2-4H2/t6-/m0/s1. The summed E-state index contributed by atoms with van der Waals surface area (Å²) < 4.78 is 0. The van der Waals surface area contributed by atoms with E-state index in [1.54, 1.807) is 0 Å². The number of hydrogen-bond donors (Lipinski definition) is 0. The molecule has 0 N–H and O–H groups in total. The van der Waals surface area contributed by atoms with Crippen molar-refractivity contribution >= 4 is 5.91 Å². The van der Waals surface area contributed by atoms with Gasteiger partial charge in [0.25, 0.3) is 0 Å². The molecule has 0 aromatic rings. The molecular formula is C7H9NO. The van der Waals surface area contributed by atoms with Crippen molar-refractivity contribution in [1.82, 2.24) is 4.90 Å². The number of carbonyl (C=O) groups is 1. The first-order valence-electron chi connectivity index (χ1n) is 3.36. The molecule has 9 heavy (non-hydrogen) atoms. The molecule has 1 atom stereocenters. The molecule has 0 aromatic carbocycles. The summed E-state index contributed by atoms with van der Waals surface area (Å²) in [7, 11) is 0. The fraction of sp³-hybridized carbons (Fsp3) is 0.571. The van der Waals surface area contributed by atoms with E-state index in [9.17, 15) is 4.79 Å². The van der Waals surface area contributed by atoms with Gasteiger partial charge in [-0.3, -0.25) is 4.79 Å². The average molecular weight is 123 g/mol. The molecule has 0 spiro atoms. The number of amides is 1. The van der Waals surface area contributed by atoms with Gasteiger partial charge in [-0.2, -0.15) is 0 Å². The minimum Gasteiger partial charge on any atom is -0.316 e. The first kappa shape index (κ1) is 5.03. The molecule has 2 heterocycles.